The number of carboxylic acids is 2. The fourth-order valence-electron chi connectivity index (χ4n) is 2.79. The Morgan fingerprint density at radius 2 is 1.32 bits per heavy atom. The fourth-order valence-corrected chi connectivity index (χ4v) is 2.79. The van der Waals surface area contributed by atoms with Gasteiger partial charge in [-0.3, -0.25) is 0 Å². The van der Waals surface area contributed by atoms with E-state index in [-0.39, 0.29) is 16.9 Å². The van der Waals surface area contributed by atoms with Crippen molar-refractivity contribution in [2.45, 2.75) is 5.92 Å². The molecule has 0 aromatic heterocycles. The van der Waals surface area contributed by atoms with E-state index in [0.29, 0.717) is 11.3 Å². The van der Waals surface area contributed by atoms with Gasteiger partial charge in [0.2, 0.25) is 0 Å². The second-order valence-electron chi connectivity index (χ2n) is 5.55. The second-order valence-corrected chi connectivity index (χ2v) is 5.55. The zero-order valence-corrected chi connectivity index (χ0v) is 13.0. The fraction of sp³-hybridized carbons (Fsp3) is 0.0526. The van der Waals surface area contributed by atoms with Crippen molar-refractivity contribution in [2.24, 2.45) is 0 Å². The van der Waals surface area contributed by atoms with E-state index in [9.17, 15) is 24.9 Å². The predicted molar refractivity (Wildman–Crippen MR) is 91.2 cm³/mol. The molecule has 0 unspecified atom stereocenters. The molecule has 0 atom stereocenters. The lowest BCUT2D eigenvalue weighted by atomic mass is 9.83. The largest absolute Gasteiger partial charge is 0.508 e. The lowest BCUT2D eigenvalue weighted by molar-refractivity contribution is -0.133. The van der Waals surface area contributed by atoms with Crippen molar-refractivity contribution in [2.75, 3.05) is 4.90 Å². The molecule has 0 fully saturated rings. The molecule has 1 heterocycles. The third kappa shape index (κ3) is 3.23. The summed E-state index contributed by atoms with van der Waals surface area (Å²) in [5.41, 5.74) is 1.05. The number of nitrogens with zero attached hydrogens (tertiary/aromatic N) is 1. The number of benzene rings is 2. The Balaban J connectivity index is 2.13. The van der Waals surface area contributed by atoms with Crippen molar-refractivity contribution in [3.8, 4) is 5.75 Å². The van der Waals surface area contributed by atoms with E-state index in [0.717, 1.165) is 0 Å². The number of hydrogen-bond acceptors (Lipinski definition) is 4. The van der Waals surface area contributed by atoms with Crippen molar-refractivity contribution in [1.29, 1.82) is 0 Å². The Kier molecular flexibility index (Phi) is 4.26. The van der Waals surface area contributed by atoms with Crippen molar-refractivity contribution < 1.29 is 24.9 Å². The molecule has 0 radical (unpaired) electrons. The number of hydrogen-bond donors (Lipinski definition) is 3. The standard InChI is InChI=1S/C19H15NO5/c21-14-8-6-13(7-9-14)20-10-15(18(22)23)17(16(11-20)19(24)25)12-4-2-1-3-5-12/h1-11,17,21H,(H,22,23)(H,24,25). The topological polar surface area (TPSA) is 98.1 Å². The third-order valence-electron chi connectivity index (χ3n) is 3.95. The Morgan fingerprint density at radius 1 is 0.800 bits per heavy atom. The third-order valence-corrected chi connectivity index (χ3v) is 3.95. The van der Waals surface area contributed by atoms with E-state index in [2.05, 4.69) is 0 Å². The van der Waals surface area contributed by atoms with Crippen LogP contribution in [0.3, 0.4) is 0 Å². The average Bonchev–Trinajstić information content (AvgIpc) is 2.62. The molecular weight excluding hydrogens is 322 g/mol. The van der Waals surface area contributed by atoms with Crippen molar-refractivity contribution in [3.05, 3.63) is 83.7 Å². The molecule has 1 aliphatic rings. The van der Waals surface area contributed by atoms with Gasteiger partial charge in [-0.1, -0.05) is 30.3 Å². The van der Waals surface area contributed by atoms with Crippen LogP contribution in [0.25, 0.3) is 0 Å². The van der Waals surface area contributed by atoms with E-state index < -0.39 is 17.9 Å². The summed E-state index contributed by atoms with van der Waals surface area (Å²) < 4.78 is 0. The minimum Gasteiger partial charge on any atom is -0.508 e. The highest BCUT2D eigenvalue weighted by atomic mass is 16.4. The first-order valence-corrected chi connectivity index (χ1v) is 7.49. The zero-order valence-electron chi connectivity index (χ0n) is 13.0. The molecule has 25 heavy (non-hydrogen) atoms. The summed E-state index contributed by atoms with van der Waals surface area (Å²) in [7, 11) is 0. The van der Waals surface area contributed by atoms with Gasteiger partial charge in [0, 0.05) is 18.1 Å². The van der Waals surface area contributed by atoms with Crippen molar-refractivity contribution in [1.82, 2.24) is 0 Å². The highest BCUT2D eigenvalue weighted by molar-refractivity contribution is 5.98. The van der Waals surface area contributed by atoms with Crippen LogP contribution in [-0.2, 0) is 9.59 Å². The first kappa shape index (κ1) is 16.3. The molecule has 3 rings (SSSR count). The van der Waals surface area contributed by atoms with Crippen LogP contribution < -0.4 is 4.90 Å². The number of phenols is 1. The molecule has 0 spiro atoms. The van der Waals surface area contributed by atoms with Crippen LogP contribution in [0.2, 0.25) is 0 Å². The lowest BCUT2D eigenvalue weighted by Crippen LogP contribution is -2.27. The van der Waals surface area contributed by atoms with Crippen LogP contribution in [0.5, 0.6) is 5.75 Å². The van der Waals surface area contributed by atoms with Gasteiger partial charge in [-0.15, -0.1) is 0 Å². The molecule has 0 saturated carbocycles. The van der Waals surface area contributed by atoms with Crippen LogP contribution in [0.1, 0.15) is 11.5 Å². The molecule has 0 aliphatic carbocycles. The Morgan fingerprint density at radius 3 is 1.80 bits per heavy atom. The van der Waals surface area contributed by atoms with Gasteiger partial charge in [-0.2, -0.15) is 0 Å². The number of phenolic OH excluding ortho intramolecular Hbond substituents is 1. The van der Waals surface area contributed by atoms with E-state index in [1.54, 1.807) is 42.5 Å². The summed E-state index contributed by atoms with van der Waals surface area (Å²) in [6.07, 6.45) is 2.80. The minimum atomic E-state index is -1.19. The minimum absolute atomic E-state index is 0.0424. The highest BCUT2D eigenvalue weighted by Crippen LogP contribution is 2.37. The summed E-state index contributed by atoms with van der Waals surface area (Å²) in [5, 5.41) is 28.6. The van der Waals surface area contributed by atoms with Crippen LogP contribution in [0.4, 0.5) is 5.69 Å². The summed E-state index contributed by atoms with van der Waals surface area (Å²) >= 11 is 0. The first-order chi connectivity index (χ1) is 12.0. The number of aromatic hydroxyl groups is 1. The molecule has 2 aromatic carbocycles. The smallest absolute Gasteiger partial charge is 0.334 e. The summed E-state index contributed by atoms with van der Waals surface area (Å²) in [4.78, 5) is 25.0. The number of anilines is 1. The average molecular weight is 337 g/mol. The number of carboxylic acid groups (broad SMARTS) is 2. The van der Waals surface area contributed by atoms with Gasteiger partial charge < -0.3 is 20.2 Å². The summed E-state index contributed by atoms with van der Waals surface area (Å²) in [6, 6.07) is 14.7. The van der Waals surface area contributed by atoms with E-state index >= 15 is 0 Å². The van der Waals surface area contributed by atoms with E-state index in [4.69, 9.17) is 0 Å². The SMILES string of the molecule is O=C(O)C1=CN(c2ccc(O)cc2)C=C(C(=O)O)C1c1ccccc1. The quantitative estimate of drug-likeness (QED) is 0.793. The zero-order chi connectivity index (χ0) is 18.0. The first-order valence-electron chi connectivity index (χ1n) is 7.49. The van der Waals surface area contributed by atoms with Gasteiger partial charge in [0.15, 0.2) is 0 Å². The van der Waals surface area contributed by atoms with Crippen LogP contribution in [0, 0.1) is 0 Å². The van der Waals surface area contributed by atoms with E-state index in [1.165, 1.54) is 29.4 Å². The van der Waals surface area contributed by atoms with Crippen molar-refractivity contribution >= 4 is 17.6 Å². The Hall–Kier alpha value is -3.54. The molecular formula is C19H15NO5. The maximum absolute atomic E-state index is 11.8. The number of carbonyl (C=O) groups is 2. The summed E-state index contributed by atoms with van der Waals surface area (Å²) in [6.45, 7) is 0. The molecule has 0 saturated heterocycles. The predicted octanol–water partition coefficient (Wildman–Crippen LogP) is 2.93. The maximum Gasteiger partial charge on any atom is 0.334 e. The lowest BCUT2D eigenvalue weighted by Gasteiger charge is -2.29. The van der Waals surface area contributed by atoms with Gasteiger partial charge >= 0.3 is 11.9 Å². The van der Waals surface area contributed by atoms with Gasteiger partial charge in [-0.05, 0) is 29.8 Å². The Labute approximate surface area is 143 Å². The number of rotatable bonds is 4. The van der Waals surface area contributed by atoms with Gasteiger partial charge in [-0.25, -0.2) is 9.59 Å². The normalized spacial score (nSPS) is 14.6. The molecule has 0 bridgehead atoms. The molecule has 1 aliphatic heterocycles. The van der Waals surface area contributed by atoms with Gasteiger partial charge in [0.05, 0.1) is 17.1 Å². The van der Waals surface area contributed by atoms with Gasteiger partial charge in [0.1, 0.15) is 5.75 Å². The highest BCUT2D eigenvalue weighted by Gasteiger charge is 2.34. The van der Waals surface area contributed by atoms with Gasteiger partial charge in [0.25, 0.3) is 0 Å². The molecule has 126 valence electrons. The van der Waals surface area contributed by atoms with Crippen LogP contribution >= 0.6 is 0 Å². The van der Waals surface area contributed by atoms with Crippen LogP contribution in [-0.4, -0.2) is 27.3 Å². The monoisotopic (exact) mass is 337 g/mol. The maximum atomic E-state index is 11.8. The van der Waals surface area contributed by atoms with Crippen LogP contribution in [0.15, 0.2) is 78.1 Å². The summed E-state index contributed by atoms with van der Waals surface area (Å²) in [5.74, 6) is -3.19. The molecule has 6 nitrogen and oxygen atoms in total. The van der Waals surface area contributed by atoms with Crippen molar-refractivity contribution in [3.63, 3.8) is 0 Å². The Bertz CT molecular complexity index is 836. The number of aliphatic carboxylic acids is 2. The molecule has 2 aromatic rings. The molecule has 0 amide bonds. The second kappa shape index (κ2) is 6.52. The van der Waals surface area contributed by atoms with E-state index in [1.807, 2.05) is 0 Å². The molecule has 3 N–H and O–H groups in total. The molecule has 6 heteroatoms.